The first-order chi connectivity index (χ1) is 14.4. The van der Waals surface area contributed by atoms with Gasteiger partial charge in [-0.15, -0.1) is 0 Å². The number of hydrogen-bond acceptors (Lipinski definition) is 4. The van der Waals surface area contributed by atoms with Gasteiger partial charge in [-0.1, -0.05) is 25.3 Å². The van der Waals surface area contributed by atoms with Crippen LogP contribution in [0.3, 0.4) is 0 Å². The second-order valence-electron chi connectivity index (χ2n) is 8.53. The third-order valence-corrected chi connectivity index (χ3v) is 6.53. The molecule has 29 heavy (non-hydrogen) atoms. The Hall–Kier alpha value is -2.82. The highest BCUT2D eigenvalue weighted by Gasteiger charge is 2.36. The van der Waals surface area contributed by atoms with Crippen molar-refractivity contribution in [3.8, 4) is 22.7 Å². The molecule has 0 radical (unpaired) electrons. The Bertz CT molecular complexity index is 1020. The Kier molecular flexibility index (Phi) is 4.06. The first-order valence-electron chi connectivity index (χ1n) is 10.9. The van der Waals surface area contributed by atoms with Crippen LogP contribution >= 0.6 is 0 Å². The van der Waals surface area contributed by atoms with E-state index in [4.69, 9.17) is 9.72 Å². The molecule has 0 atom stereocenters. The lowest BCUT2D eigenvalue weighted by Gasteiger charge is -2.36. The summed E-state index contributed by atoms with van der Waals surface area (Å²) in [6.45, 7) is 0.556. The summed E-state index contributed by atoms with van der Waals surface area (Å²) >= 11 is 0. The minimum atomic E-state index is 0.556. The van der Waals surface area contributed by atoms with E-state index in [-0.39, 0.29) is 0 Å². The SMILES string of the molecule is c1cnn(-c2ccc3c(c2)COc2nc(N(C4CCCCC4)C4CC4)ccc2-3)c1. The quantitative estimate of drug-likeness (QED) is 0.624. The van der Waals surface area contributed by atoms with Gasteiger partial charge >= 0.3 is 0 Å². The average molecular weight is 386 g/mol. The van der Waals surface area contributed by atoms with Crippen LogP contribution in [0.4, 0.5) is 5.82 Å². The summed E-state index contributed by atoms with van der Waals surface area (Å²) in [5, 5.41) is 4.34. The van der Waals surface area contributed by atoms with Crippen LogP contribution in [0.15, 0.2) is 48.8 Å². The molecule has 2 saturated carbocycles. The number of hydrogen-bond donors (Lipinski definition) is 0. The van der Waals surface area contributed by atoms with E-state index in [1.165, 1.54) is 56.1 Å². The van der Waals surface area contributed by atoms with Gasteiger partial charge < -0.3 is 9.64 Å². The van der Waals surface area contributed by atoms with Crippen LogP contribution in [0.1, 0.15) is 50.5 Å². The van der Waals surface area contributed by atoms with Crippen molar-refractivity contribution in [3.63, 3.8) is 0 Å². The topological polar surface area (TPSA) is 43.2 Å². The van der Waals surface area contributed by atoms with Gasteiger partial charge in [-0.05, 0) is 67.1 Å². The normalized spacial score (nSPS) is 18.6. The first-order valence-corrected chi connectivity index (χ1v) is 10.9. The summed E-state index contributed by atoms with van der Waals surface area (Å²) in [7, 11) is 0. The van der Waals surface area contributed by atoms with Gasteiger partial charge in [0.1, 0.15) is 12.4 Å². The molecule has 6 rings (SSSR count). The zero-order valence-electron chi connectivity index (χ0n) is 16.6. The Balaban J connectivity index is 1.34. The number of anilines is 1. The van der Waals surface area contributed by atoms with Crippen LogP contribution in [0.2, 0.25) is 0 Å². The van der Waals surface area contributed by atoms with E-state index < -0.39 is 0 Å². The molecular formula is C24H26N4O. The Labute approximate surface area is 171 Å². The molecule has 5 nitrogen and oxygen atoms in total. The number of rotatable bonds is 4. The molecule has 0 unspecified atom stereocenters. The van der Waals surface area contributed by atoms with Crippen LogP contribution in [0.25, 0.3) is 16.8 Å². The third kappa shape index (κ3) is 3.09. The van der Waals surface area contributed by atoms with E-state index >= 15 is 0 Å². The van der Waals surface area contributed by atoms with Gasteiger partial charge in [0.15, 0.2) is 0 Å². The maximum atomic E-state index is 6.13. The largest absolute Gasteiger partial charge is 0.472 e. The minimum Gasteiger partial charge on any atom is -0.472 e. The van der Waals surface area contributed by atoms with Gasteiger partial charge in [0.2, 0.25) is 5.88 Å². The van der Waals surface area contributed by atoms with Crippen molar-refractivity contribution in [1.82, 2.24) is 14.8 Å². The van der Waals surface area contributed by atoms with Crippen molar-refractivity contribution >= 4 is 5.82 Å². The van der Waals surface area contributed by atoms with Crippen LogP contribution in [-0.2, 0) is 6.61 Å². The molecule has 2 fully saturated rings. The summed E-state index contributed by atoms with van der Waals surface area (Å²) in [5.41, 5.74) is 4.56. The molecule has 3 aliphatic rings. The maximum Gasteiger partial charge on any atom is 0.223 e. The van der Waals surface area contributed by atoms with Crippen LogP contribution in [0, 0.1) is 0 Å². The van der Waals surface area contributed by atoms with Crippen molar-refractivity contribution < 1.29 is 4.74 Å². The number of nitrogens with zero attached hydrogens (tertiary/aromatic N) is 4. The molecule has 3 heterocycles. The maximum absolute atomic E-state index is 6.13. The second kappa shape index (κ2) is 6.90. The molecule has 1 aliphatic heterocycles. The van der Waals surface area contributed by atoms with E-state index in [9.17, 15) is 0 Å². The lowest BCUT2D eigenvalue weighted by atomic mass is 9.93. The smallest absolute Gasteiger partial charge is 0.223 e. The van der Waals surface area contributed by atoms with Crippen molar-refractivity contribution in [2.24, 2.45) is 0 Å². The van der Waals surface area contributed by atoms with E-state index in [2.05, 4.69) is 40.3 Å². The lowest BCUT2D eigenvalue weighted by molar-refractivity contribution is 0.289. The van der Waals surface area contributed by atoms with Gasteiger partial charge in [0, 0.05) is 30.0 Å². The Morgan fingerprint density at radius 2 is 1.76 bits per heavy atom. The number of benzene rings is 1. The summed E-state index contributed by atoms with van der Waals surface area (Å²) in [6, 6.07) is 14.1. The molecular weight excluding hydrogens is 360 g/mol. The molecule has 2 aromatic heterocycles. The Morgan fingerprint density at radius 1 is 0.931 bits per heavy atom. The number of fused-ring (bicyclic) bond motifs is 3. The van der Waals surface area contributed by atoms with Crippen molar-refractivity contribution in [2.45, 2.75) is 63.6 Å². The highest BCUT2D eigenvalue weighted by Crippen LogP contribution is 2.41. The molecule has 0 amide bonds. The monoisotopic (exact) mass is 386 g/mol. The average Bonchev–Trinajstić information content (AvgIpc) is 3.45. The number of ether oxygens (including phenoxy) is 1. The number of pyridine rings is 1. The molecule has 0 bridgehead atoms. The molecule has 148 valence electrons. The highest BCUT2D eigenvalue weighted by atomic mass is 16.5. The van der Waals surface area contributed by atoms with Gasteiger partial charge in [0.05, 0.1) is 5.69 Å². The summed E-state index contributed by atoms with van der Waals surface area (Å²) in [4.78, 5) is 7.62. The molecule has 0 saturated heterocycles. The fourth-order valence-corrected chi connectivity index (χ4v) is 4.95. The molecule has 1 aromatic carbocycles. The zero-order valence-corrected chi connectivity index (χ0v) is 16.6. The van der Waals surface area contributed by atoms with Crippen LogP contribution in [0.5, 0.6) is 5.88 Å². The van der Waals surface area contributed by atoms with E-state index in [1.807, 2.05) is 16.9 Å². The molecule has 5 heteroatoms. The van der Waals surface area contributed by atoms with E-state index in [0.717, 1.165) is 22.9 Å². The van der Waals surface area contributed by atoms with Crippen LogP contribution < -0.4 is 9.64 Å². The fraction of sp³-hybridized carbons (Fsp3) is 0.417. The van der Waals surface area contributed by atoms with Gasteiger partial charge in [-0.25, -0.2) is 4.68 Å². The minimum absolute atomic E-state index is 0.556. The summed E-state index contributed by atoms with van der Waals surface area (Å²) in [6.07, 6.45) is 13.0. The summed E-state index contributed by atoms with van der Waals surface area (Å²) in [5.74, 6) is 1.89. The van der Waals surface area contributed by atoms with Gasteiger partial charge in [-0.3, -0.25) is 0 Å². The van der Waals surface area contributed by atoms with E-state index in [1.54, 1.807) is 6.20 Å². The highest BCUT2D eigenvalue weighted by molar-refractivity contribution is 5.75. The molecule has 0 N–H and O–H groups in total. The van der Waals surface area contributed by atoms with Crippen molar-refractivity contribution in [3.05, 3.63) is 54.4 Å². The number of aromatic nitrogens is 3. The lowest BCUT2D eigenvalue weighted by Crippen LogP contribution is -2.39. The Morgan fingerprint density at radius 3 is 2.55 bits per heavy atom. The molecule has 3 aromatic rings. The summed E-state index contributed by atoms with van der Waals surface area (Å²) < 4.78 is 8.02. The second-order valence-corrected chi connectivity index (χ2v) is 8.53. The van der Waals surface area contributed by atoms with Gasteiger partial charge in [0.25, 0.3) is 0 Å². The zero-order chi connectivity index (χ0) is 19.2. The molecule has 0 spiro atoms. The predicted octanol–water partition coefficient (Wildman–Crippen LogP) is 5.13. The van der Waals surface area contributed by atoms with Gasteiger partial charge in [-0.2, -0.15) is 10.1 Å². The van der Waals surface area contributed by atoms with Crippen molar-refractivity contribution in [2.75, 3.05) is 4.90 Å². The first kappa shape index (κ1) is 17.1. The third-order valence-electron chi connectivity index (χ3n) is 6.53. The predicted molar refractivity (Wildman–Crippen MR) is 114 cm³/mol. The van der Waals surface area contributed by atoms with E-state index in [0.29, 0.717) is 18.7 Å². The fourth-order valence-electron chi connectivity index (χ4n) is 4.95. The molecule has 2 aliphatic carbocycles. The van der Waals surface area contributed by atoms with Crippen molar-refractivity contribution in [1.29, 1.82) is 0 Å². The standard InChI is InChI=1S/C24H26N4O/c1-2-5-18(6-3-1)28(19-7-8-19)23-12-11-22-21-10-9-20(27-14-4-13-25-27)15-17(21)16-29-24(22)26-23/h4,9-15,18-19H,1-3,5-8,16H2. The van der Waals surface area contributed by atoms with Crippen LogP contribution in [-0.4, -0.2) is 26.8 Å².